The van der Waals surface area contributed by atoms with E-state index in [2.05, 4.69) is 0 Å². The van der Waals surface area contributed by atoms with Gasteiger partial charge in [0.2, 0.25) is 0 Å². The van der Waals surface area contributed by atoms with E-state index in [9.17, 15) is 14.4 Å². The van der Waals surface area contributed by atoms with Gasteiger partial charge in [-0.2, -0.15) is 9.59 Å². The Hall–Kier alpha value is -2.59. The van der Waals surface area contributed by atoms with Gasteiger partial charge in [0.15, 0.2) is 6.29 Å². The van der Waals surface area contributed by atoms with Crippen molar-refractivity contribution >= 4 is 24.7 Å². The summed E-state index contributed by atoms with van der Waals surface area (Å²) in [4.78, 5) is 47.5. The maximum Gasteiger partial charge on any atom is 0.373 e. The topological polar surface area (TPSA) is 106 Å². The van der Waals surface area contributed by atoms with E-state index >= 15 is 0 Å². The molecule has 1 rings (SSSR count). The van der Waals surface area contributed by atoms with Crippen LogP contribution >= 0.6 is 0 Å². The lowest BCUT2D eigenvalue weighted by Gasteiger charge is -1.98. The smallest absolute Gasteiger partial charge is 0.373 e. The molecule has 0 fully saturated rings. The number of hydrogen-bond acceptors (Lipinski definition) is 5. The van der Waals surface area contributed by atoms with Crippen LogP contribution in [0.3, 0.4) is 0 Å². The minimum atomic E-state index is -1.18. The largest absolute Gasteiger partial charge is 0.478 e. The molecule has 1 aromatic carbocycles. The first-order valence-corrected chi connectivity index (χ1v) is 3.87. The summed E-state index contributed by atoms with van der Waals surface area (Å²) >= 11 is 0. The highest BCUT2D eigenvalue weighted by Crippen LogP contribution is 2.08. The van der Waals surface area contributed by atoms with Gasteiger partial charge in [-0.1, -0.05) is 6.07 Å². The van der Waals surface area contributed by atoms with Gasteiger partial charge in [0.1, 0.15) is 6.29 Å². The maximum atomic E-state index is 10.5. The lowest BCUT2D eigenvalue weighted by molar-refractivity contribution is -0.191. The molecule has 6 nitrogen and oxygen atoms in total. The number of rotatable bonds is 3. The van der Waals surface area contributed by atoms with Crippen LogP contribution in [0.5, 0.6) is 0 Å². The van der Waals surface area contributed by atoms with Gasteiger partial charge in [-0.15, -0.1) is 0 Å². The normalized spacial score (nSPS) is 8.00. The van der Waals surface area contributed by atoms with Gasteiger partial charge in [-0.25, -0.2) is 4.79 Å². The number of aromatic carboxylic acids is 1. The molecule has 1 aromatic rings. The second-order valence-electron chi connectivity index (χ2n) is 2.47. The van der Waals surface area contributed by atoms with Crippen LogP contribution in [0, 0.1) is 0 Å². The van der Waals surface area contributed by atoms with Crippen molar-refractivity contribution in [2.24, 2.45) is 0 Å². The summed E-state index contributed by atoms with van der Waals surface area (Å²) in [5.74, 6) is -1.18. The molecular weight excluding hydrogens is 216 g/mol. The van der Waals surface area contributed by atoms with Crippen molar-refractivity contribution in [1.82, 2.24) is 0 Å². The fourth-order valence-corrected chi connectivity index (χ4v) is 0.947. The van der Waals surface area contributed by atoms with Crippen LogP contribution in [-0.4, -0.2) is 29.8 Å². The van der Waals surface area contributed by atoms with Crippen LogP contribution in [0.2, 0.25) is 0 Å². The van der Waals surface area contributed by atoms with Crippen molar-refractivity contribution in [3.05, 3.63) is 34.9 Å². The third-order valence-corrected chi connectivity index (χ3v) is 1.57. The lowest BCUT2D eigenvalue weighted by atomic mass is 10.1. The van der Waals surface area contributed by atoms with Crippen molar-refractivity contribution in [2.75, 3.05) is 0 Å². The first-order chi connectivity index (χ1) is 7.60. The maximum absolute atomic E-state index is 10.5. The van der Waals surface area contributed by atoms with E-state index in [1.165, 1.54) is 18.2 Å². The van der Waals surface area contributed by atoms with Crippen LogP contribution in [0.1, 0.15) is 31.1 Å². The standard InChI is InChI=1S/C9H6O4.CO2/c10-4-6-1-2-8(9(12)13)7(3-6)5-11;2-1-3/h1-5H,(H,12,13);. The summed E-state index contributed by atoms with van der Waals surface area (Å²) in [6.07, 6.45) is 1.22. The van der Waals surface area contributed by atoms with Crippen molar-refractivity contribution < 1.29 is 29.1 Å². The predicted octanol–water partition coefficient (Wildman–Crippen LogP) is 0.426. The Bertz CT molecular complexity index is 443. The molecule has 0 aliphatic carbocycles. The molecule has 0 atom stereocenters. The molecule has 0 unspecified atom stereocenters. The molecule has 1 N–H and O–H groups in total. The molecule has 0 aliphatic heterocycles. The SMILES string of the molecule is O=C=O.O=Cc1ccc(C(=O)O)c(C=O)c1. The van der Waals surface area contributed by atoms with Crippen LogP contribution in [0.15, 0.2) is 18.2 Å². The quantitative estimate of drug-likeness (QED) is 0.743. The molecule has 0 amide bonds. The van der Waals surface area contributed by atoms with Gasteiger partial charge in [-0.3, -0.25) is 9.59 Å². The number of carboxylic acids is 1. The number of carbonyl (C=O) groups excluding carboxylic acids is 4. The first-order valence-electron chi connectivity index (χ1n) is 3.87. The third kappa shape index (κ3) is 3.65. The van der Waals surface area contributed by atoms with Gasteiger partial charge in [0.05, 0.1) is 5.56 Å². The number of benzene rings is 1. The van der Waals surface area contributed by atoms with E-state index in [0.29, 0.717) is 12.6 Å². The second kappa shape index (κ2) is 6.80. The number of carbonyl (C=O) groups is 3. The highest BCUT2D eigenvalue weighted by molar-refractivity contribution is 5.98. The van der Waals surface area contributed by atoms with Crippen molar-refractivity contribution in [1.29, 1.82) is 0 Å². The summed E-state index contributed by atoms with van der Waals surface area (Å²) < 4.78 is 0. The Morgan fingerprint density at radius 1 is 1.19 bits per heavy atom. The molecular formula is C10H6O6. The summed E-state index contributed by atoms with van der Waals surface area (Å²) in [6.45, 7) is 0. The molecule has 16 heavy (non-hydrogen) atoms. The molecule has 82 valence electrons. The fourth-order valence-electron chi connectivity index (χ4n) is 0.947. The third-order valence-electron chi connectivity index (χ3n) is 1.57. The van der Waals surface area contributed by atoms with Gasteiger partial charge < -0.3 is 5.11 Å². The second-order valence-corrected chi connectivity index (χ2v) is 2.47. The zero-order chi connectivity index (χ0) is 12.6. The molecule has 0 saturated heterocycles. The Labute approximate surface area is 89.5 Å². The fraction of sp³-hybridized carbons (Fsp3) is 0. The summed E-state index contributed by atoms with van der Waals surface area (Å²) in [7, 11) is 0. The number of aldehydes is 2. The van der Waals surface area contributed by atoms with E-state index in [1.807, 2.05) is 0 Å². The number of carboxylic acid groups (broad SMARTS) is 1. The molecule has 0 saturated carbocycles. The van der Waals surface area contributed by atoms with E-state index in [4.69, 9.17) is 14.7 Å². The minimum Gasteiger partial charge on any atom is -0.478 e. The van der Waals surface area contributed by atoms with Crippen molar-refractivity contribution in [3.63, 3.8) is 0 Å². The van der Waals surface area contributed by atoms with Gasteiger partial charge >= 0.3 is 12.1 Å². The monoisotopic (exact) mass is 222 g/mol. The lowest BCUT2D eigenvalue weighted by Crippen LogP contribution is -2.02. The van der Waals surface area contributed by atoms with E-state index in [0.717, 1.165) is 0 Å². The molecule has 0 spiro atoms. The Morgan fingerprint density at radius 2 is 1.75 bits per heavy atom. The Morgan fingerprint density at radius 3 is 2.12 bits per heavy atom. The molecule has 6 heteroatoms. The van der Waals surface area contributed by atoms with E-state index in [-0.39, 0.29) is 22.8 Å². The van der Waals surface area contributed by atoms with Crippen molar-refractivity contribution in [3.8, 4) is 0 Å². The van der Waals surface area contributed by atoms with Crippen LogP contribution in [0.4, 0.5) is 0 Å². The van der Waals surface area contributed by atoms with E-state index < -0.39 is 5.97 Å². The molecule has 0 aromatic heterocycles. The summed E-state index contributed by atoms with van der Waals surface area (Å²) in [5, 5.41) is 8.61. The first kappa shape index (κ1) is 13.4. The van der Waals surface area contributed by atoms with Crippen LogP contribution in [-0.2, 0) is 9.59 Å². The van der Waals surface area contributed by atoms with E-state index in [1.54, 1.807) is 0 Å². The van der Waals surface area contributed by atoms with Gasteiger partial charge in [-0.05, 0) is 12.1 Å². The Balaban J connectivity index is 0.000000673. The predicted molar refractivity (Wildman–Crippen MR) is 49.2 cm³/mol. The molecule has 0 radical (unpaired) electrons. The van der Waals surface area contributed by atoms with Crippen LogP contribution < -0.4 is 0 Å². The van der Waals surface area contributed by atoms with Gasteiger partial charge in [0, 0.05) is 11.1 Å². The van der Waals surface area contributed by atoms with Gasteiger partial charge in [0.25, 0.3) is 0 Å². The number of hydrogen-bond donors (Lipinski definition) is 1. The Kier molecular flexibility index (Phi) is 5.70. The minimum absolute atomic E-state index is 0.0112. The molecule has 0 heterocycles. The highest BCUT2D eigenvalue weighted by atomic mass is 16.4. The average molecular weight is 222 g/mol. The zero-order valence-electron chi connectivity index (χ0n) is 7.88. The molecule has 0 aliphatic rings. The zero-order valence-corrected chi connectivity index (χ0v) is 7.88. The summed E-state index contributed by atoms with van der Waals surface area (Å²) in [6, 6.07) is 3.82. The summed E-state index contributed by atoms with van der Waals surface area (Å²) in [5.41, 5.74) is 0.199. The molecule has 0 bridgehead atoms. The highest BCUT2D eigenvalue weighted by Gasteiger charge is 2.09. The average Bonchev–Trinajstić information content (AvgIpc) is 2.29. The van der Waals surface area contributed by atoms with Crippen molar-refractivity contribution in [2.45, 2.75) is 0 Å². The van der Waals surface area contributed by atoms with Crippen LogP contribution in [0.25, 0.3) is 0 Å².